The molecule has 6 amide bonds. The van der Waals surface area contributed by atoms with Gasteiger partial charge in [-0.15, -0.1) is 0 Å². The summed E-state index contributed by atoms with van der Waals surface area (Å²) in [5.74, 6) is 7.03. The summed E-state index contributed by atoms with van der Waals surface area (Å²) in [6.45, 7) is 34.7. The first kappa shape index (κ1) is 114. The molecule has 822 valence electrons. The molecule has 12 N–H and O–H groups in total. The molecular formula is C131H196N12O7. The summed E-state index contributed by atoms with van der Waals surface area (Å²) >= 11 is 0. The molecule has 8 saturated carbocycles. The first-order valence-electron chi connectivity index (χ1n) is 57.9. The molecule has 21 aliphatic rings. The van der Waals surface area contributed by atoms with Gasteiger partial charge >= 0.3 is 0 Å². The summed E-state index contributed by atoms with van der Waals surface area (Å²) < 4.78 is 5.87. The van der Waals surface area contributed by atoms with Crippen molar-refractivity contribution in [3.8, 4) is 0 Å². The molecule has 0 aromatic heterocycles. The number of fused-ring (bicyclic) bond motifs is 15. The van der Waals surface area contributed by atoms with Crippen LogP contribution in [0.5, 0.6) is 0 Å². The molecule has 5 unspecified atom stereocenters. The molecule has 0 spiro atoms. The molecule has 12 bridgehead atoms. The predicted octanol–water partition coefficient (Wildman–Crippen LogP) is 23.1. The van der Waals surface area contributed by atoms with Crippen LogP contribution in [-0.4, -0.2) is 190 Å². The maximum atomic E-state index is 11.8. The lowest BCUT2D eigenvalue weighted by Crippen LogP contribution is -2.63. The fourth-order valence-electron chi connectivity index (χ4n) is 34.6. The number of likely N-dealkylation sites (tertiary alicyclic amines) is 6. The van der Waals surface area contributed by atoms with Crippen molar-refractivity contribution in [3.63, 3.8) is 0 Å². The van der Waals surface area contributed by atoms with Gasteiger partial charge in [0.2, 0.25) is 35.4 Å². The van der Waals surface area contributed by atoms with Crippen molar-refractivity contribution < 1.29 is 33.5 Å². The van der Waals surface area contributed by atoms with E-state index in [2.05, 4.69) is 171 Å². The minimum Gasteiger partial charge on any atom is -0.377 e. The van der Waals surface area contributed by atoms with E-state index in [0.29, 0.717) is 104 Å². The number of hydrogen-bond acceptors (Lipinski definition) is 13. The van der Waals surface area contributed by atoms with Gasteiger partial charge in [-0.1, -0.05) is 161 Å². The van der Waals surface area contributed by atoms with Gasteiger partial charge in [0, 0.05) is 130 Å². The molecule has 27 rings (SSSR count). The zero-order chi connectivity index (χ0) is 100. The Kier molecular flexibility index (Phi) is 34.2. The summed E-state index contributed by atoms with van der Waals surface area (Å²) in [7, 11) is 0. The largest absolute Gasteiger partial charge is 0.377 e. The lowest BCUT2D eigenvalue weighted by Gasteiger charge is -2.60. The number of hydrogen-bond donors (Lipinski definition) is 6. The summed E-state index contributed by atoms with van der Waals surface area (Å²) in [5.41, 5.74) is 56.0. The number of amides is 6. The molecule has 6 aromatic carbocycles. The molecule has 19 nitrogen and oxygen atoms in total. The Morgan fingerprint density at radius 1 is 0.293 bits per heavy atom. The highest BCUT2D eigenvalue weighted by atomic mass is 16.5. The number of rotatable bonds is 18. The van der Waals surface area contributed by atoms with Crippen LogP contribution in [0, 0.1) is 65.1 Å². The SMILES string of the molecule is C.C.C.C.C.C.CC1[C@H]2Cc3ccc(C(N)=O)cc3[C@]1(C)CCN2[C@@H](C)C1CC1.CC1[C@H]2Cc3ccc(C(N)=O)cc3[C@]1(C)CCN2[C@H](C)C1CC1.C[C@@H](C1CC1)N1CC[C@]23CCCCC2[C@H]1Cc1ccc(C(N)=O)cc13.C[C@H](C1CC1)N1CC[C@]23CCCCC2[C@H]1Cc1ccc(C(N)=O)cc13.C[C@H]1[C@H]2Cc3ccc(C(N)=O)cc3[C@]1(C)CCN2C[C@H]1CCCO1.NC(=O)c1ccc2c(c1)[C@@]13CCCCC1[C@@H](C2)N(CC1CC1)CC3. The summed E-state index contributed by atoms with van der Waals surface area (Å²) in [6, 6.07) is 44.2. The Labute approximate surface area is 904 Å². The van der Waals surface area contributed by atoms with Crippen molar-refractivity contribution >= 4 is 35.4 Å². The number of piperidine rings is 6. The van der Waals surface area contributed by atoms with Gasteiger partial charge in [0.05, 0.1) is 6.10 Å². The number of nitrogens with zero attached hydrogens (tertiary/aromatic N) is 6. The van der Waals surface area contributed by atoms with Crippen LogP contribution in [0.1, 0.15) is 435 Å². The predicted molar refractivity (Wildman–Crippen MR) is 614 cm³/mol. The molecule has 0 radical (unpaired) electrons. The molecule has 150 heavy (non-hydrogen) atoms. The van der Waals surface area contributed by atoms with Gasteiger partial charge in [-0.2, -0.15) is 0 Å². The summed E-state index contributed by atoms with van der Waals surface area (Å²) in [6.07, 6.45) is 47.3. The third-order valence-electron chi connectivity index (χ3n) is 44.6. The lowest BCUT2D eigenvalue weighted by atomic mass is 9.52. The number of carbonyl (C=O) groups excluding carboxylic acids is 6. The van der Waals surface area contributed by atoms with E-state index in [-0.39, 0.29) is 96.2 Å². The van der Waals surface area contributed by atoms with Crippen LogP contribution in [0.15, 0.2) is 109 Å². The number of benzene rings is 6. The van der Waals surface area contributed by atoms with Crippen LogP contribution in [-0.2, 0) is 75.8 Å². The lowest BCUT2D eigenvalue weighted by molar-refractivity contribution is -0.0343. The number of nitrogens with two attached hydrogens (primary N) is 6. The van der Waals surface area contributed by atoms with Crippen molar-refractivity contribution in [3.05, 3.63) is 209 Å². The van der Waals surface area contributed by atoms with E-state index in [4.69, 9.17) is 39.1 Å². The average molecular weight is 2050 g/mol. The minimum atomic E-state index is -0.327. The maximum Gasteiger partial charge on any atom is 0.248 e. The topological polar surface area (TPSA) is 287 Å². The zero-order valence-electron chi connectivity index (χ0n) is 88.9. The maximum absolute atomic E-state index is 11.8. The highest BCUT2D eigenvalue weighted by molar-refractivity contribution is 5.96. The van der Waals surface area contributed by atoms with Gasteiger partial charge in [-0.05, 0) is 480 Å². The van der Waals surface area contributed by atoms with Gasteiger partial charge < -0.3 is 39.1 Å². The second kappa shape index (κ2) is 44.8. The highest BCUT2D eigenvalue weighted by Gasteiger charge is 2.61. The van der Waals surface area contributed by atoms with Crippen LogP contribution in [0.4, 0.5) is 0 Å². The average Bonchev–Trinajstić information content (AvgIpc) is 1.07. The van der Waals surface area contributed by atoms with Gasteiger partial charge in [-0.25, -0.2) is 0 Å². The third-order valence-corrected chi connectivity index (χ3v) is 44.6. The normalized spacial score (nSPS) is 33.8. The Balaban J connectivity index is 0.000000127. The Morgan fingerprint density at radius 2 is 0.553 bits per heavy atom. The molecule has 19 heteroatoms. The van der Waals surface area contributed by atoms with E-state index < -0.39 is 0 Å². The molecule has 23 atom stereocenters. The summed E-state index contributed by atoms with van der Waals surface area (Å²) in [4.78, 5) is 86.8. The Morgan fingerprint density at radius 3 is 0.867 bits per heavy atom. The van der Waals surface area contributed by atoms with E-state index in [1.165, 1.54) is 299 Å². The zero-order valence-corrected chi connectivity index (χ0v) is 88.9. The van der Waals surface area contributed by atoms with Crippen LogP contribution < -0.4 is 34.4 Å². The van der Waals surface area contributed by atoms with Gasteiger partial charge in [0.15, 0.2) is 0 Å². The van der Waals surface area contributed by atoms with E-state index in [0.717, 1.165) is 136 Å². The monoisotopic (exact) mass is 2050 g/mol. The quantitative estimate of drug-likeness (QED) is 0.0467. The number of ether oxygens (including phenoxy) is 1. The van der Waals surface area contributed by atoms with Gasteiger partial charge in [0.1, 0.15) is 0 Å². The van der Waals surface area contributed by atoms with Gasteiger partial charge in [0.25, 0.3) is 0 Å². The molecule has 7 saturated heterocycles. The molecule has 15 fully saturated rings. The Bertz CT molecular complexity index is 5630. The smallest absolute Gasteiger partial charge is 0.248 e. The van der Waals surface area contributed by atoms with E-state index >= 15 is 0 Å². The van der Waals surface area contributed by atoms with Crippen LogP contribution >= 0.6 is 0 Å². The Hall–Kier alpha value is -8.14. The minimum absolute atomic E-state index is 0. The van der Waals surface area contributed by atoms with Crippen molar-refractivity contribution in [1.29, 1.82) is 0 Å². The molecule has 14 aliphatic carbocycles. The first-order chi connectivity index (χ1) is 69.2. The van der Waals surface area contributed by atoms with Crippen molar-refractivity contribution in [2.45, 2.75) is 444 Å². The molecule has 7 aliphatic heterocycles. The molecular weight excluding hydrogens is 1850 g/mol. The standard InChI is InChI=1S/2C22H30N2O.C21H28N2O.C20H28N2O2.2C20H28N2O.6CH4/c2*1-14(15-5-6-15)24-11-10-22-9-3-2-4-18(22)20(24)13-16-7-8-17(21(23)25)12-19(16)22;22-20(24)16-7-6-15-12-19-17-3-1-2-8-21(17,18(15)11-16)9-10-23(19)13-14-4-5-14;1-13-18-11-14-5-6-15(19(21)23)10-17(14)20(13,2)7-8-22(18)12-16-4-3-9-24-16;2*1-12-18-11-15-6-7-16(19(21)23)10-17(15)20(12,3)8-9-22(18)13(2)14-4-5-14;;;;;;/h2*7-8,12,14-15,18,20H,2-6,9-11,13H2,1H3,(H2,23,25);6-7,11,14,17,19H,1-5,8-10,12-13H2,(H2,22,24);5-6,10,13,16,18H,3-4,7-9,11-12H2,1-2H3,(H2,21,23);2*6-7,10,12-14,18H,4-5,8-9,11H2,1-3H3,(H2,21,23);6*1H4/t14-,18?,20+,22+;14-,18?,20-,22-;17?,19-,21-;13-,16+,18+,20+;12?,13-,18+,20+;12?,13-,18-,20-;;;;;;/m011001....../s1. The van der Waals surface area contributed by atoms with Gasteiger partial charge in [-0.3, -0.25) is 58.2 Å². The summed E-state index contributed by atoms with van der Waals surface area (Å²) in [5, 5.41) is 0. The van der Waals surface area contributed by atoms with Crippen molar-refractivity contribution in [2.24, 2.45) is 99.5 Å². The molecule has 7 heterocycles. The third kappa shape index (κ3) is 20.8. The first-order valence-corrected chi connectivity index (χ1v) is 57.9. The van der Waals surface area contributed by atoms with E-state index in [9.17, 15) is 28.8 Å². The fourth-order valence-corrected chi connectivity index (χ4v) is 34.6. The van der Waals surface area contributed by atoms with Crippen LogP contribution in [0.2, 0.25) is 0 Å². The number of primary amides is 6. The van der Waals surface area contributed by atoms with E-state index in [1.807, 2.05) is 36.4 Å². The van der Waals surface area contributed by atoms with Crippen molar-refractivity contribution in [2.75, 3.05) is 59.0 Å². The van der Waals surface area contributed by atoms with E-state index in [1.54, 1.807) is 0 Å². The second-order valence-electron chi connectivity index (χ2n) is 51.5. The van der Waals surface area contributed by atoms with Crippen LogP contribution in [0.3, 0.4) is 0 Å². The highest BCUT2D eigenvalue weighted by Crippen LogP contribution is 2.63. The number of carbonyl (C=O) groups is 6. The van der Waals surface area contributed by atoms with Crippen molar-refractivity contribution in [1.82, 2.24) is 29.4 Å². The molecule has 6 aromatic rings. The second-order valence-corrected chi connectivity index (χ2v) is 51.5. The fraction of sp³-hybridized carbons (Fsp3) is 0.679. The van der Waals surface area contributed by atoms with Crippen LogP contribution in [0.25, 0.3) is 0 Å².